The number of amides is 2. The van der Waals surface area contributed by atoms with Gasteiger partial charge in [0.25, 0.3) is 0 Å². The Morgan fingerprint density at radius 3 is 2.00 bits per heavy atom. The van der Waals surface area contributed by atoms with Crippen molar-refractivity contribution in [2.75, 3.05) is 20.1 Å². The van der Waals surface area contributed by atoms with Gasteiger partial charge in [0.1, 0.15) is 0 Å². The van der Waals surface area contributed by atoms with Gasteiger partial charge in [0.05, 0.1) is 0 Å². The van der Waals surface area contributed by atoms with Gasteiger partial charge in [-0.25, -0.2) is 0 Å². The van der Waals surface area contributed by atoms with E-state index < -0.39 is 0 Å². The first-order valence-electron chi connectivity index (χ1n) is 8.64. The predicted molar refractivity (Wildman–Crippen MR) is 106 cm³/mol. The van der Waals surface area contributed by atoms with Crippen LogP contribution in [0.2, 0.25) is 0 Å². The lowest BCUT2D eigenvalue weighted by molar-refractivity contribution is -0.124. The lowest BCUT2D eigenvalue weighted by atomic mass is 10.2. The van der Waals surface area contributed by atoms with Gasteiger partial charge in [-0.1, -0.05) is 60.7 Å². The van der Waals surface area contributed by atoms with Gasteiger partial charge in [-0.3, -0.25) is 9.59 Å². The van der Waals surface area contributed by atoms with E-state index in [0.29, 0.717) is 19.5 Å². The van der Waals surface area contributed by atoms with Crippen LogP contribution in [0.15, 0.2) is 72.8 Å². The second-order valence-corrected chi connectivity index (χ2v) is 5.89. The summed E-state index contributed by atoms with van der Waals surface area (Å²) in [4.78, 5) is 25.5. The highest BCUT2D eigenvalue weighted by atomic mass is 16.2. The lowest BCUT2D eigenvalue weighted by Crippen LogP contribution is -2.30. The zero-order valence-electron chi connectivity index (χ0n) is 15.0. The third kappa shape index (κ3) is 7.18. The quantitative estimate of drug-likeness (QED) is 0.587. The molecule has 0 saturated carbocycles. The van der Waals surface area contributed by atoms with Crippen molar-refractivity contribution < 1.29 is 9.59 Å². The molecule has 0 aliphatic carbocycles. The number of benzene rings is 2. The second kappa shape index (κ2) is 10.7. The van der Waals surface area contributed by atoms with Crippen LogP contribution in [0.1, 0.15) is 17.5 Å². The van der Waals surface area contributed by atoms with E-state index in [1.807, 2.05) is 60.7 Å². The minimum atomic E-state index is -0.133. The maximum absolute atomic E-state index is 12.0. The number of carbonyl (C=O) groups excluding carboxylic acids is 2. The van der Waals surface area contributed by atoms with Crippen molar-refractivity contribution in [3.63, 3.8) is 0 Å². The van der Waals surface area contributed by atoms with Crippen molar-refractivity contribution in [1.29, 1.82) is 0 Å². The lowest BCUT2D eigenvalue weighted by Gasteiger charge is -2.14. The number of hydrogen-bond acceptors (Lipinski definition) is 2. The average Bonchev–Trinajstić information content (AvgIpc) is 2.69. The molecule has 0 saturated heterocycles. The predicted octanol–water partition coefficient (Wildman–Crippen LogP) is 3.38. The molecule has 0 bridgehead atoms. The van der Waals surface area contributed by atoms with Crippen LogP contribution < -0.4 is 5.32 Å². The Balaban J connectivity index is 1.65. The van der Waals surface area contributed by atoms with Gasteiger partial charge < -0.3 is 10.2 Å². The minimum Gasteiger partial charge on any atom is -0.352 e. The smallest absolute Gasteiger partial charge is 0.246 e. The van der Waals surface area contributed by atoms with E-state index in [1.165, 1.54) is 6.08 Å². The number of rotatable bonds is 8. The molecule has 0 unspecified atom stereocenters. The maximum Gasteiger partial charge on any atom is 0.246 e. The molecule has 0 fully saturated rings. The van der Waals surface area contributed by atoms with E-state index in [0.717, 1.165) is 11.1 Å². The van der Waals surface area contributed by atoms with Crippen LogP contribution in [0.25, 0.3) is 12.2 Å². The summed E-state index contributed by atoms with van der Waals surface area (Å²) in [5.41, 5.74) is 1.98. The summed E-state index contributed by atoms with van der Waals surface area (Å²) < 4.78 is 0. The van der Waals surface area contributed by atoms with Crippen molar-refractivity contribution in [1.82, 2.24) is 10.2 Å². The highest BCUT2D eigenvalue weighted by Gasteiger charge is 2.04. The summed E-state index contributed by atoms with van der Waals surface area (Å²) in [7, 11) is 1.76. The number of hydrogen-bond donors (Lipinski definition) is 1. The van der Waals surface area contributed by atoms with Gasteiger partial charge >= 0.3 is 0 Å². The van der Waals surface area contributed by atoms with E-state index in [1.54, 1.807) is 30.2 Å². The van der Waals surface area contributed by atoms with E-state index in [4.69, 9.17) is 0 Å². The van der Waals surface area contributed by atoms with Crippen molar-refractivity contribution in [2.24, 2.45) is 0 Å². The van der Waals surface area contributed by atoms with Gasteiger partial charge in [-0.15, -0.1) is 0 Å². The molecule has 26 heavy (non-hydrogen) atoms. The molecule has 2 rings (SSSR count). The molecule has 2 amide bonds. The van der Waals surface area contributed by atoms with Gasteiger partial charge in [0.15, 0.2) is 0 Å². The van der Waals surface area contributed by atoms with Crippen LogP contribution in [-0.2, 0) is 9.59 Å². The third-order valence-corrected chi connectivity index (χ3v) is 3.79. The topological polar surface area (TPSA) is 49.4 Å². The zero-order chi connectivity index (χ0) is 18.6. The van der Waals surface area contributed by atoms with Crippen molar-refractivity contribution >= 4 is 24.0 Å². The Kier molecular flexibility index (Phi) is 7.87. The molecular weight excluding hydrogens is 324 g/mol. The highest BCUT2D eigenvalue weighted by molar-refractivity contribution is 5.92. The summed E-state index contributed by atoms with van der Waals surface area (Å²) in [5.74, 6) is -0.184. The number of carbonyl (C=O) groups is 2. The molecule has 4 nitrogen and oxygen atoms in total. The first-order chi connectivity index (χ1) is 12.6. The van der Waals surface area contributed by atoms with Crippen LogP contribution in [0.5, 0.6) is 0 Å². The van der Waals surface area contributed by atoms with Crippen LogP contribution in [0.3, 0.4) is 0 Å². The summed E-state index contributed by atoms with van der Waals surface area (Å²) in [5, 5.41) is 2.82. The molecule has 1 N–H and O–H groups in total. The molecule has 4 heteroatoms. The van der Waals surface area contributed by atoms with Crippen LogP contribution >= 0.6 is 0 Å². The molecule has 0 atom stereocenters. The van der Waals surface area contributed by atoms with Crippen molar-refractivity contribution in [3.05, 3.63) is 83.9 Å². The standard InChI is InChI=1S/C22H24N2O2/c1-24(22(26)16-14-20-11-6-3-7-12-20)18-8-17-23-21(25)15-13-19-9-4-2-5-10-19/h2-7,9-16H,8,17-18H2,1H3,(H,23,25)/b15-13+,16-14+. The normalized spacial score (nSPS) is 11.0. The minimum absolute atomic E-state index is 0.0517. The van der Waals surface area contributed by atoms with Crippen LogP contribution in [0, 0.1) is 0 Å². The molecule has 0 spiro atoms. The fourth-order valence-corrected chi connectivity index (χ4v) is 2.29. The fraction of sp³-hybridized carbons (Fsp3) is 0.182. The van der Waals surface area contributed by atoms with Gasteiger partial charge in [0, 0.05) is 32.3 Å². The average molecular weight is 348 g/mol. The number of likely N-dealkylation sites (N-methyl/N-ethyl adjacent to an activating group) is 1. The number of nitrogens with zero attached hydrogens (tertiary/aromatic N) is 1. The van der Waals surface area contributed by atoms with E-state index >= 15 is 0 Å². The van der Waals surface area contributed by atoms with Crippen LogP contribution in [0.4, 0.5) is 0 Å². The highest BCUT2D eigenvalue weighted by Crippen LogP contribution is 2.02. The molecule has 0 heterocycles. The SMILES string of the molecule is CN(CCCNC(=O)/C=C/c1ccccc1)C(=O)/C=C/c1ccccc1. The maximum atomic E-state index is 12.0. The van der Waals surface area contributed by atoms with Crippen molar-refractivity contribution in [2.45, 2.75) is 6.42 Å². The molecule has 134 valence electrons. The number of nitrogens with one attached hydrogen (secondary N) is 1. The Bertz CT molecular complexity index is 752. The molecule has 0 radical (unpaired) electrons. The van der Waals surface area contributed by atoms with E-state index in [-0.39, 0.29) is 11.8 Å². The fourth-order valence-electron chi connectivity index (χ4n) is 2.29. The van der Waals surface area contributed by atoms with Gasteiger partial charge in [-0.05, 0) is 29.7 Å². The molecule has 0 aromatic heterocycles. The Morgan fingerprint density at radius 2 is 1.42 bits per heavy atom. The Hall–Kier alpha value is -3.14. The third-order valence-electron chi connectivity index (χ3n) is 3.79. The molecule has 0 aliphatic rings. The van der Waals surface area contributed by atoms with Crippen molar-refractivity contribution in [3.8, 4) is 0 Å². The second-order valence-electron chi connectivity index (χ2n) is 5.89. The first kappa shape index (κ1) is 19.2. The van der Waals surface area contributed by atoms with Crippen LogP contribution in [-0.4, -0.2) is 36.9 Å². The molecule has 2 aromatic rings. The van der Waals surface area contributed by atoms with E-state index in [2.05, 4.69) is 5.32 Å². The zero-order valence-corrected chi connectivity index (χ0v) is 15.0. The summed E-state index contributed by atoms with van der Waals surface area (Å²) in [6, 6.07) is 19.4. The Morgan fingerprint density at radius 1 is 0.885 bits per heavy atom. The largest absolute Gasteiger partial charge is 0.352 e. The molecule has 2 aromatic carbocycles. The summed E-state index contributed by atoms with van der Waals surface area (Å²) in [6.45, 7) is 1.11. The van der Waals surface area contributed by atoms with E-state index in [9.17, 15) is 9.59 Å². The molecule has 0 aliphatic heterocycles. The monoisotopic (exact) mass is 348 g/mol. The Labute approximate surface area is 154 Å². The first-order valence-corrected chi connectivity index (χ1v) is 8.64. The summed E-state index contributed by atoms with van der Waals surface area (Å²) in [6.07, 6.45) is 7.37. The summed E-state index contributed by atoms with van der Waals surface area (Å²) >= 11 is 0. The molecular formula is C22H24N2O2. The van der Waals surface area contributed by atoms with Gasteiger partial charge in [-0.2, -0.15) is 0 Å². The van der Waals surface area contributed by atoms with Gasteiger partial charge in [0.2, 0.25) is 11.8 Å².